The summed E-state index contributed by atoms with van der Waals surface area (Å²) in [5.74, 6) is 0. The molecule has 0 fully saturated rings. The van der Waals surface area contributed by atoms with Gasteiger partial charge in [0.2, 0.25) is 6.08 Å². The van der Waals surface area contributed by atoms with E-state index in [4.69, 9.17) is 0 Å². The van der Waals surface area contributed by atoms with Gasteiger partial charge in [-0.3, -0.25) is 0 Å². The van der Waals surface area contributed by atoms with E-state index in [2.05, 4.69) is 30.8 Å². The molecule has 0 aliphatic carbocycles. The highest BCUT2D eigenvalue weighted by molar-refractivity contribution is 5.33. The van der Waals surface area contributed by atoms with Gasteiger partial charge in [-0.15, -0.1) is 0 Å². The highest BCUT2D eigenvalue weighted by Gasteiger charge is 2.05. The van der Waals surface area contributed by atoms with Gasteiger partial charge in [0.15, 0.2) is 0 Å². The molecule has 0 saturated heterocycles. The van der Waals surface area contributed by atoms with Gasteiger partial charge >= 0.3 is 0 Å². The van der Waals surface area contributed by atoms with Crippen LogP contribution in [0.5, 0.6) is 0 Å². The standard InChI is InChI=1S/C9H18N2O/c1-8(2)11(4)6-5-9(3)10-7-12/h8-9H,5-6H2,1-4H3. The first-order valence-corrected chi connectivity index (χ1v) is 4.35. The van der Waals surface area contributed by atoms with Gasteiger partial charge in [-0.1, -0.05) is 0 Å². The molecule has 0 N–H and O–H groups in total. The Labute approximate surface area is 74.5 Å². The number of aliphatic imine (C=N–C) groups is 1. The average Bonchev–Trinajstić information content (AvgIpc) is 2.00. The van der Waals surface area contributed by atoms with Crippen molar-refractivity contribution in [2.45, 2.75) is 39.3 Å². The third-order valence-electron chi connectivity index (χ3n) is 2.05. The monoisotopic (exact) mass is 170 g/mol. The molecule has 0 spiro atoms. The Kier molecular flexibility index (Phi) is 5.60. The first-order valence-electron chi connectivity index (χ1n) is 4.35. The predicted octanol–water partition coefficient (Wildman–Crippen LogP) is 1.44. The third kappa shape index (κ3) is 5.05. The van der Waals surface area contributed by atoms with Crippen LogP contribution in [-0.4, -0.2) is 36.7 Å². The molecule has 12 heavy (non-hydrogen) atoms. The van der Waals surface area contributed by atoms with Crippen LogP contribution in [0.3, 0.4) is 0 Å². The summed E-state index contributed by atoms with van der Waals surface area (Å²) >= 11 is 0. The number of nitrogens with zero attached hydrogens (tertiary/aromatic N) is 2. The normalized spacial score (nSPS) is 13.2. The largest absolute Gasteiger partial charge is 0.304 e. The molecule has 0 aromatic rings. The van der Waals surface area contributed by atoms with Crippen LogP contribution in [-0.2, 0) is 4.79 Å². The lowest BCUT2D eigenvalue weighted by molar-refractivity contribution is 0.265. The lowest BCUT2D eigenvalue weighted by Gasteiger charge is -2.21. The van der Waals surface area contributed by atoms with Gasteiger partial charge < -0.3 is 4.90 Å². The highest BCUT2D eigenvalue weighted by Crippen LogP contribution is 2.00. The van der Waals surface area contributed by atoms with E-state index in [1.54, 1.807) is 6.08 Å². The smallest absolute Gasteiger partial charge is 0.235 e. The molecule has 0 aromatic heterocycles. The van der Waals surface area contributed by atoms with E-state index in [9.17, 15) is 4.79 Å². The second kappa shape index (κ2) is 5.92. The van der Waals surface area contributed by atoms with Gasteiger partial charge in [0.1, 0.15) is 0 Å². The fourth-order valence-electron chi connectivity index (χ4n) is 0.803. The zero-order valence-corrected chi connectivity index (χ0v) is 8.37. The lowest BCUT2D eigenvalue weighted by atomic mass is 10.2. The van der Waals surface area contributed by atoms with Crippen LogP contribution in [0, 0.1) is 0 Å². The van der Waals surface area contributed by atoms with Crippen molar-refractivity contribution in [3.8, 4) is 0 Å². The summed E-state index contributed by atoms with van der Waals surface area (Å²) < 4.78 is 0. The van der Waals surface area contributed by atoms with Crippen LogP contribution < -0.4 is 0 Å². The molecule has 0 aliphatic heterocycles. The van der Waals surface area contributed by atoms with Crippen LogP contribution >= 0.6 is 0 Å². The minimum absolute atomic E-state index is 0.101. The zero-order valence-electron chi connectivity index (χ0n) is 8.37. The summed E-state index contributed by atoms with van der Waals surface area (Å²) in [5.41, 5.74) is 0. The molecule has 0 heterocycles. The SMILES string of the molecule is CC(CCN(C)C(C)C)N=C=O. The lowest BCUT2D eigenvalue weighted by Crippen LogP contribution is -2.28. The van der Waals surface area contributed by atoms with Gasteiger partial charge in [0.25, 0.3) is 0 Å². The minimum Gasteiger partial charge on any atom is -0.304 e. The van der Waals surface area contributed by atoms with Crippen molar-refractivity contribution in [2.24, 2.45) is 4.99 Å². The van der Waals surface area contributed by atoms with E-state index in [-0.39, 0.29) is 6.04 Å². The van der Waals surface area contributed by atoms with E-state index in [1.807, 2.05) is 6.92 Å². The summed E-state index contributed by atoms with van der Waals surface area (Å²) in [6, 6.07) is 0.654. The van der Waals surface area contributed by atoms with Gasteiger partial charge in [-0.05, 0) is 34.2 Å². The predicted molar refractivity (Wildman–Crippen MR) is 50.0 cm³/mol. The fourth-order valence-corrected chi connectivity index (χ4v) is 0.803. The Hall–Kier alpha value is -0.660. The van der Waals surface area contributed by atoms with Gasteiger partial charge in [-0.2, -0.15) is 0 Å². The molecule has 0 aliphatic rings. The zero-order chi connectivity index (χ0) is 9.56. The molecule has 0 bridgehead atoms. The van der Waals surface area contributed by atoms with Crippen LogP contribution in [0.4, 0.5) is 0 Å². The van der Waals surface area contributed by atoms with Crippen molar-refractivity contribution in [1.29, 1.82) is 0 Å². The van der Waals surface area contributed by atoms with Gasteiger partial charge in [0.05, 0.1) is 6.04 Å². The maximum Gasteiger partial charge on any atom is 0.235 e. The average molecular weight is 170 g/mol. The van der Waals surface area contributed by atoms with E-state index >= 15 is 0 Å². The Bertz CT molecular complexity index is 162. The summed E-state index contributed by atoms with van der Waals surface area (Å²) in [5, 5.41) is 0. The van der Waals surface area contributed by atoms with Gasteiger partial charge in [0, 0.05) is 12.6 Å². The molecule has 1 unspecified atom stereocenters. The molecule has 3 heteroatoms. The summed E-state index contributed by atoms with van der Waals surface area (Å²) in [4.78, 5) is 15.7. The minimum atomic E-state index is 0.101. The number of isocyanates is 1. The van der Waals surface area contributed by atoms with Crippen molar-refractivity contribution < 1.29 is 4.79 Å². The highest BCUT2D eigenvalue weighted by atomic mass is 16.1. The molecule has 0 aromatic carbocycles. The second-order valence-corrected chi connectivity index (χ2v) is 3.43. The molecule has 70 valence electrons. The molecule has 1 atom stereocenters. The topological polar surface area (TPSA) is 32.7 Å². The third-order valence-corrected chi connectivity index (χ3v) is 2.05. The Morgan fingerprint density at radius 3 is 2.42 bits per heavy atom. The van der Waals surface area contributed by atoms with E-state index < -0.39 is 0 Å². The molecule has 0 amide bonds. The summed E-state index contributed by atoms with van der Waals surface area (Å²) in [6.07, 6.45) is 2.50. The number of carbonyl (C=O) groups excluding carboxylic acids is 1. The van der Waals surface area contributed by atoms with Crippen molar-refractivity contribution >= 4 is 6.08 Å². The second-order valence-electron chi connectivity index (χ2n) is 3.43. The first-order chi connectivity index (χ1) is 5.57. The van der Waals surface area contributed by atoms with E-state index in [1.165, 1.54) is 0 Å². The molecule has 0 radical (unpaired) electrons. The Morgan fingerprint density at radius 1 is 1.42 bits per heavy atom. The van der Waals surface area contributed by atoms with Crippen LogP contribution in [0.1, 0.15) is 27.2 Å². The molecular weight excluding hydrogens is 152 g/mol. The van der Waals surface area contributed by atoms with Crippen molar-refractivity contribution in [2.75, 3.05) is 13.6 Å². The fraction of sp³-hybridized carbons (Fsp3) is 0.889. The molecular formula is C9H18N2O. The number of hydrogen-bond donors (Lipinski definition) is 0. The molecule has 0 rings (SSSR count). The quantitative estimate of drug-likeness (QED) is 0.462. The Morgan fingerprint density at radius 2 is 2.00 bits per heavy atom. The number of hydrogen-bond acceptors (Lipinski definition) is 3. The van der Waals surface area contributed by atoms with E-state index in [0.717, 1.165) is 13.0 Å². The molecule has 3 nitrogen and oxygen atoms in total. The summed E-state index contributed by atoms with van der Waals surface area (Å²) in [7, 11) is 2.07. The number of rotatable bonds is 5. The maximum absolute atomic E-state index is 9.89. The van der Waals surface area contributed by atoms with Crippen LogP contribution in [0.2, 0.25) is 0 Å². The van der Waals surface area contributed by atoms with Crippen molar-refractivity contribution in [3.63, 3.8) is 0 Å². The van der Waals surface area contributed by atoms with Crippen molar-refractivity contribution in [1.82, 2.24) is 4.90 Å². The maximum atomic E-state index is 9.89. The summed E-state index contributed by atoms with van der Waals surface area (Å²) in [6.45, 7) is 7.20. The van der Waals surface area contributed by atoms with Crippen LogP contribution in [0.15, 0.2) is 4.99 Å². The first kappa shape index (κ1) is 11.3. The van der Waals surface area contributed by atoms with Crippen LogP contribution in [0.25, 0.3) is 0 Å². The Balaban J connectivity index is 3.60. The molecule has 0 saturated carbocycles. The van der Waals surface area contributed by atoms with Crippen molar-refractivity contribution in [3.05, 3.63) is 0 Å². The van der Waals surface area contributed by atoms with Gasteiger partial charge in [-0.25, -0.2) is 9.79 Å². The van der Waals surface area contributed by atoms with E-state index in [0.29, 0.717) is 6.04 Å².